The Kier molecular flexibility index (Phi) is 6.57. The molecule has 38 heavy (non-hydrogen) atoms. The summed E-state index contributed by atoms with van der Waals surface area (Å²) in [4.78, 5) is 39.0. The number of aromatic carboxylic acids is 1. The first-order valence-corrected chi connectivity index (χ1v) is 12.6. The molecule has 1 heterocycles. The Labute approximate surface area is 221 Å². The van der Waals surface area contributed by atoms with E-state index in [1.807, 2.05) is 24.3 Å². The van der Waals surface area contributed by atoms with E-state index in [2.05, 4.69) is 29.6 Å². The zero-order valence-corrected chi connectivity index (χ0v) is 21.6. The number of fused-ring (bicyclic) bond motifs is 4. The summed E-state index contributed by atoms with van der Waals surface area (Å²) in [5.74, 6) is -1.12. The molecule has 0 radical (unpaired) electrons. The van der Waals surface area contributed by atoms with Crippen LogP contribution in [0, 0.1) is 0 Å². The van der Waals surface area contributed by atoms with Gasteiger partial charge in [0.15, 0.2) is 0 Å². The van der Waals surface area contributed by atoms with Crippen LogP contribution in [-0.2, 0) is 22.4 Å². The van der Waals surface area contributed by atoms with Gasteiger partial charge in [-0.3, -0.25) is 5.32 Å². The van der Waals surface area contributed by atoms with Crippen molar-refractivity contribution < 1.29 is 29.0 Å². The molecule has 0 unspecified atom stereocenters. The lowest BCUT2D eigenvalue weighted by atomic mass is 9.93. The minimum absolute atomic E-state index is 0.0635. The molecule has 2 aliphatic rings. The second-order valence-corrected chi connectivity index (χ2v) is 10.5. The maximum atomic E-state index is 13.2. The first kappa shape index (κ1) is 25.3. The average Bonchev–Trinajstić information content (AvgIpc) is 3.19. The monoisotopic (exact) mass is 514 g/mol. The highest BCUT2D eigenvalue weighted by atomic mass is 16.6. The predicted molar refractivity (Wildman–Crippen MR) is 142 cm³/mol. The van der Waals surface area contributed by atoms with E-state index in [9.17, 15) is 19.5 Å². The summed E-state index contributed by atoms with van der Waals surface area (Å²) in [6.07, 6.45) is -0.812. The van der Waals surface area contributed by atoms with Crippen LogP contribution in [0.5, 0.6) is 0 Å². The second-order valence-electron chi connectivity index (χ2n) is 10.5. The molecule has 0 atom stereocenters. The van der Waals surface area contributed by atoms with E-state index in [4.69, 9.17) is 9.47 Å². The lowest BCUT2D eigenvalue weighted by Crippen LogP contribution is -2.38. The normalized spacial score (nSPS) is 14.2. The maximum Gasteiger partial charge on any atom is 0.412 e. The SMILES string of the molecule is CC(C)(C)OC(=O)Nc1ccc(C(=O)O)c2c1CN(C(=O)OCC1c3ccccc3-c3ccccc31)CC2. The fourth-order valence-electron chi connectivity index (χ4n) is 5.25. The van der Waals surface area contributed by atoms with Crippen molar-refractivity contribution in [1.82, 2.24) is 4.90 Å². The molecule has 0 aromatic heterocycles. The molecule has 0 saturated carbocycles. The van der Waals surface area contributed by atoms with E-state index < -0.39 is 23.8 Å². The van der Waals surface area contributed by atoms with Gasteiger partial charge in [0.25, 0.3) is 0 Å². The first-order valence-electron chi connectivity index (χ1n) is 12.6. The van der Waals surface area contributed by atoms with Crippen molar-refractivity contribution in [3.8, 4) is 11.1 Å². The van der Waals surface area contributed by atoms with Crippen LogP contribution in [0.15, 0.2) is 60.7 Å². The maximum absolute atomic E-state index is 13.2. The molecule has 0 fully saturated rings. The van der Waals surface area contributed by atoms with Crippen molar-refractivity contribution in [3.63, 3.8) is 0 Å². The third-order valence-electron chi connectivity index (χ3n) is 6.87. The Bertz CT molecular complexity index is 1380. The molecule has 2 N–H and O–H groups in total. The number of ether oxygens (including phenoxy) is 2. The molecule has 5 rings (SSSR count). The molecule has 0 saturated heterocycles. The van der Waals surface area contributed by atoms with Gasteiger partial charge in [0.2, 0.25) is 0 Å². The minimum atomic E-state index is -1.06. The Hall–Kier alpha value is -4.33. The molecule has 3 aromatic carbocycles. The summed E-state index contributed by atoms with van der Waals surface area (Å²) in [5, 5.41) is 12.4. The molecule has 1 aliphatic carbocycles. The van der Waals surface area contributed by atoms with Crippen molar-refractivity contribution in [2.24, 2.45) is 0 Å². The van der Waals surface area contributed by atoms with Crippen molar-refractivity contribution in [3.05, 3.63) is 88.5 Å². The lowest BCUT2D eigenvalue weighted by Gasteiger charge is -2.31. The molecule has 8 nitrogen and oxygen atoms in total. The molecule has 2 amide bonds. The summed E-state index contributed by atoms with van der Waals surface area (Å²) in [7, 11) is 0. The van der Waals surface area contributed by atoms with Crippen LogP contribution in [0.25, 0.3) is 11.1 Å². The van der Waals surface area contributed by atoms with Crippen LogP contribution < -0.4 is 5.32 Å². The standard InChI is InChI=1S/C30H30N2O6/c1-30(2,3)38-28(35)31-26-13-12-23(27(33)34)22-14-15-32(16-24(22)26)29(36)37-17-25-20-10-6-4-8-18(20)19-9-5-7-11-21(19)25/h4-13,25H,14-17H2,1-3H3,(H,31,35)(H,33,34). The number of benzene rings is 3. The number of nitrogens with one attached hydrogen (secondary N) is 1. The van der Waals surface area contributed by atoms with Gasteiger partial charge in [0.05, 0.1) is 12.1 Å². The molecule has 0 bridgehead atoms. The van der Waals surface area contributed by atoms with E-state index >= 15 is 0 Å². The lowest BCUT2D eigenvalue weighted by molar-refractivity contribution is 0.0634. The number of hydrogen-bond acceptors (Lipinski definition) is 5. The molecular formula is C30H30N2O6. The third kappa shape index (κ3) is 4.94. The van der Waals surface area contributed by atoms with Crippen molar-refractivity contribution >= 4 is 23.8 Å². The fourth-order valence-corrected chi connectivity index (χ4v) is 5.25. The smallest absolute Gasteiger partial charge is 0.412 e. The molecule has 8 heteroatoms. The largest absolute Gasteiger partial charge is 0.478 e. The van der Waals surface area contributed by atoms with Crippen molar-refractivity contribution in [2.75, 3.05) is 18.5 Å². The van der Waals surface area contributed by atoms with Crippen LogP contribution in [-0.4, -0.2) is 46.9 Å². The van der Waals surface area contributed by atoms with E-state index in [1.165, 1.54) is 12.1 Å². The Morgan fingerprint density at radius 2 is 1.58 bits per heavy atom. The summed E-state index contributed by atoms with van der Waals surface area (Å²) in [5.41, 5.74) is 5.58. The van der Waals surface area contributed by atoms with Gasteiger partial charge in [-0.2, -0.15) is 0 Å². The number of amides is 2. The molecule has 196 valence electrons. The van der Waals surface area contributed by atoms with E-state index in [0.717, 1.165) is 22.3 Å². The Morgan fingerprint density at radius 1 is 0.947 bits per heavy atom. The third-order valence-corrected chi connectivity index (χ3v) is 6.87. The van der Waals surface area contributed by atoms with Gasteiger partial charge in [-0.15, -0.1) is 0 Å². The van der Waals surface area contributed by atoms with E-state index in [1.54, 1.807) is 25.7 Å². The highest BCUT2D eigenvalue weighted by Crippen LogP contribution is 2.44. The van der Waals surface area contributed by atoms with Crippen LogP contribution in [0.4, 0.5) is 15.3 Å². The average molecular weight is 515 g/mol. The number of carbonyl (C=O) groups excluding carboxylic acids is 2. The van der Waals surface area contributed by atoms with Crippen molar-refractivity contribution in [1.29, 1.82) is 0 Å². The Morgan fingerprint density at radius 3 is 2.18 bits per heavy atom. The summed E-state index contributed by atoms with van der Waals surface area (Å²) < 4.78 is 11.2. The number of rotatable bonds is 4. The second kappa shape index (κ2) is 9.85. The summed E-state index contributed by atoms with van der Waals surface area (Å²) >= 11 is 0. The summed E-state index contributed by atoms with van der Waals surface area (Å²) in [6, 6.07) is 19.3. The van der Waals surface area contributed by atoms with Gasteiger partial charge in [-0.1, -0.05) is 48.5 Å². The highest BCUT2D eigenvalue weighted by molar-refractivity contribution is 5.93. The van der Waals surface area contributed by atoms with Crippen LogP contribution >= 0.6 is 0 Å². The highest BCUT2D eigenvalue weighted by Gasteiger charge is 2.32. The van der Waals surface area contributed by atoms with Gasteiger partial charge < -0.3 is 19.5 Å². The van der Waals surface area contributed by atoms with Crippen molar-refractivity contribution in [2.45, 2.75) is 45.3 Å². The van der Waals surface area contributed by atoms with Gasteiger partial charge in [0.1, 0.15) is 12.2 Å². The van der Waals surface area contributed by atoms with Gasteiger partial charge in [-0.05, 0) is 72.7 Å². The van der Waals surface area contributed by atoms with Gasteiger partial charge in [-0.25, -0.2) is 14.4 Å². The van der Waals surface area contributed by atoms with Gasteiger partial charge >= 0.3 is 18.2 Å². The van der Waals surface area contributed by atoms with Gasteiger partial charge in [0, 0.05) is 18.2 Å². The molecule has 3 aromatic rings. The number of carboxylic acids is 1. The number of nitrogens with zero attached hydrogens (tertiary/aromatic N) is 1. The fraction of sp³-hybridized carbons (Fsp3) is 0.300. The van der Waals surface area contributed by atoms with Crippen LogP contribution in [0.3, 0.4) is 0 Å². The number of anilines is 1. The zero-order chi connectivity index (χ0) is 27.0. The number of hydrogen-bond donors (Lipinski definition) is 2. The first-order chi connectivity index (χ1) is 18.1. The van der Waals surface area contributed by atoms with Crippen LogP contribution in [0.2, 0.25) is 0 Å². The topological polar surface area (TPSA) is 105 Å². The zero-order valence-electron chi connectivity index (χ0n) is 21.6. The Balaban J connectivity index is 1.34. The molecule has 0 spiro atoms. The van der Waals surface area contributed by atoms with E-state index in [0.29, 0.717) is 29.8 Å². The predicted octanol–water partition coefficient (Wildman–Crippen LogP) is 6.04. The number of carboxylic acid groups (broad SMARTS) is 1. The molecule has 1 aliphatic heterocycles. The number of carbonyl (C=O) groups is 3. The summed E-state index contributed by atoms with van der Waals surface area (Å²) in [6.45, 7) is 5.88. The van der Waals surface area contributed by atoms with Crippen LogP contribution in [0.1, 0.15) is 59.3 Å². The minimum Gasteiger partial charge on any atom is -0.478 e. The quantitative estimate of drug-likeness (QED) is 0.440. The van der Waals surface area contributed by atoms with E-state index in [-0.39, 0.29) is 24.6 Å². The molecular weight excluding hydrogens is 484 g/mol.